The molecule has 0 aliphatic carbocycles. The smallest absolute Gasteiger partial charge is 0.263 e. The first-order valence-corrected chi connectivity index (χ1v) is 8.24. The average Bonchev–Trinajstić information content (AvgIpc) is 2.44. The van der Waals surface area contributed by atoms with Crippen LogP contribution >= 0.6 is 15.9 Å². The molecule has 1 heterocycles. The third-order valence-electron chi connectivity index (χ3n) is 2.80. The zero-order valence-corrected chi connectivity index (χ0v) is 13.5. The summed E-state index contributed by atoms with van der Waals surface area (Å²) in [5.74, 6) is -0.312. The number of sulfonamides is 1. The lowest BCUT2D eigenvalue weighted by Gasteiger charge is -2.11. The lowest BCUT2D eigenvalue weighted by molar-refractivity contribution is 0.591. The summed E-state index contributed by atoms with van der Waals surface area (Å²) in [6, 6.07) is 5.66. The summed E-state index contributed by atoms with van der Waals surface area (Å²) < 4.78 is 41.4. The van der Waals surface area contributed by atoms with Crippen molar-refractivity contribution in [1.82, 2.24) is 4.98 Å². The number of halogens is 2. The molecule has 5 nitrogen and oxygen atoms in total. The van der Waals surface area contributed by atoms with Crippen molar-refractivity contribution in [2.45, 2.75) is 18.4 Å². The monoisotopic (exact) mass is 373 g/mol. The summed E-state index contributed by atoms with van der Waals surface area (Å²) >= 11 is 3.21. The lowest BCUT2D eigenvalue weighted by atomic mass is 10.1. The molecule has 0 aliphatic rings. The van der Waals surface area contributed by atoms with E-state index in [1.165, 1.54) is 31.3 Å². The number of benzene rings is 1. The van der Waals surface area contributed by atoms with Crippen LogP contribution < -0.4 is 10.5 Å². The van der Waals surface area contributed by atoms with Crippen LogP contribution in [-0.4, -0.2) is 13.4 Å². The van der Waals surface area contributed by atoms with Gasteiger partial charge in [0.05, 0.1) is 4.90 Å². The molecular formula is C13H13BrFN3O2S. The summed E-state index contributed by atoms with van der Waals surface area (Å²) in [6.45, 7) is 1.41. The number of anilines is 1. The molecule has 1 aromatic heterocycles. The molecule has 2 rings (SSSR count). The summed E-state index contributed by atoms with van der Waals surface area (Å²) in [5.41, 5.74) is 5.80. The van der Waals surface area contributed by atoms with Crippen LogP contribution in [0.5, 0.6) is 0 Å². The Morgan fingerprint density at radius 2 is 2.10 bits per heavy atom. The van der Waals surface area contributed by atoms with Crippen LogP contribution in [0, 0.1) is 12.7 Å². The maximum Gasteiger partial charge on any atom is 0.263 e. The van der Waals surface area contributed by atoms with E-state index >= 15 is 0 Å². The van der Waals surface area contributed by atoms with E-state index in [0.29, 0.717) is 0 Å². The SMILES string of the molecule is Cc1cc(S(=O)(=O)Nc2ccc(Br)cn2)cc(CN)c1F. The second kappa shape index (κ2) is 6.08. The molecule has 0 fully saturated rings. The van der Waals surface area contributed by atoms with E-state index in [0.717, 1.165) is 4.47 Å². The van der Waals surface area contributed by atoms with E-state index in [-0.39, 0.29) is 28.4 Å². The van der Waals surface area contributed by atoms with Gasteiger partial charge in [-0.25, -0.2) is 17.8 Å². The Hall–Kier alpha value is -1.51. The number of rotatable bonds is 4. The highest BCUT2D eigenvalue weighted by molar-refractivity contribution is 9.10. The quantitative estimate of drug-likeness (QED) is 0.862. The molecule has 0 amide bonds. The number of aromatic nitrogens is 1. The third-order valence-corrected chi connectivity index (χ3v) is 4.60. The number of hydrogen-bond acceptors (Lipinski definition) is 4. The molecule has 0 saturated heterocycles. The van der Waals surface area contributed by atoms with E-state index in [2.05, 4.69) is 25.6 Å². The van der Waals surface area contributed by atoms with Crippen molar-refractivity contribution < 1.29 is 12.8 Å². The lowest BCUT2D eigenvalue weighted by Crippen LogP contribution is -2.15. The van der Waals surface area contributed by atoms with E-state index < -0.39 is 15.8 Å². The van der Waals surface area contributed by atoms with E-state index in [9.17, 15) is 12.8 Å². The summed E-state index contributed by atoms with van der Waals surface area (Å²) in [5, 5.41) is 0. The van der Waals surface area contributed by atoms with Crippen LogP contribution in [0.15, 0.2) is 39.8 Å². The molecule has 3 N–H and O–H groups in total. The molecule has 21 heavy (non-hydrogen) atoms. The molecule has 0 unspecified atom stereocenters. The van der Waals surface area contributed by atoms with Gasteiger partial charge in [0, 0.05) is 22.8 Å². The fraction of sp³-hybridized carbons (Fsp3) is 0.154. The highest BCUT2D eigenvalue weighted by atomic mass is 79.9. The van der Waals surface area contributed by atoms with Crippen LogP contribution in [0.2, 0.25) is 0 Å². The summed E-state index contributed by atoms with van der Waals surface area (Å²) in [4.78, 5) is 3.89. The van der Waals surface area contributed by atoms with Crippen LogP contribution in [0.4, 0.5) is 10.2 Å². The highest BCUT2D eigenvalue weighted by Crippen LogP contribution is 2.21. The van der Waals surface area contributed by atoms with Crippen molar-refractivity contribution >= 4 is 31.8 Å². The zero-order valence-electron chi connectivity index (χ0n) is 11.1. The van der Waals surface area contributed by atoms with E-state index in [4.69, 9.17) is 5.73 Å². The second-order valence-corrected chi connectivity index (χ2v) is 6.98. The van der Waals surface area contributed by atoms with Crippen molar-refractivity contribution in [3.8, 4) is 0 Å². The third kappa shape index (κ3) is 3.58. The van der Waals surface area contributed by atoms with Crippen molar-refractivity contribution in [3.05, 3.63) is 51.9 Å². The second-order valence-electron chi connectivity index (χ2n) is 4.38. The van der Waals surface area contributed by atoms with Gasteiger partial charge in [0.1, 0.15) is 11.6 Å². The standard InChI is InChI=1S/C13H13BrFN3O2S/c1-8-4-11(5-9(6-16)13(8)15)21(19,20)18-12-3-2-10(14)7-17-12/h2-5,7H,6,16H2,1H3,(H,17,18). The van der Waals surface area contributed by atoms with Gasteiger partial charge in [-0.15, -0.1) is 0 Å². The molecule has 0 spiro atoms. The van der Waals surface area contributed by atoms with Gasteiger partial charge in [0.15, 0.2) is 0 Å². The summed E-state index contributed by atoms with van der Waals surface area (Å²) in [6.07, 6.45) is 1.47. The molecule has 8 heteroatoms. The maximum absolute atomic E-state index is 13.7. The minimum atomic E-state index is -3.85. The van der Waals surface area contributed by atoms with Gasteiger partial charge in [0.2, 0.25) is 0 Å². The van der Waals surface area contributed by atoms with Gasteiger partial charge < -0.3 is 5.73 Å². The van der Waals surface area contributed by atoms with Crippen LogP contribution in [0.3, 0.4) is 0 Å². The maximum atomic E-state index is 13.7. The molecule has 0 radical (unpaired) electrons. The molecule has 0 atom stereocenters. The molecular weight excluding hydrogens is 361 g/mol. The number of hydrogen-bond donors (Lipinski definition) is 2. The topological polar surface area (TPSA) is 85.1 Å². The molecule has 112 valence electrons. The van der Waals surface area contributed by atoms with Gasteiger partial charge in [-0.1, -0.05) is 0 Å². The van der Waals surface area contributed by atoms with Crippen LogP contribution in [0.25, 0.3) is 0 Å². The minimum absolute atomic E-state index is 0.0495. The molecule has 0 saturated carbocycles. The first-order chi connectivity index (χ1) is 9.83. The van der Waals surface area contributed by atoms with Crippen molar-refractivity contribution in [3.63, 3.8) is 0 Å². The molecule has 2 aromatic rings. The Labute approximate surface area is 130 Å². The van der Waals surface area contributed by atoms with Gasteiger partial charge >= 0.3 is 0 Å². The van der Waals surface area contributed by atoms with Gasteiger partial charge in [-0.3, -0.25) is 4.72 Å². The number of nitrogens with zero attached hydrogens (tertiary/aromatic N) is 1. The number of aryl methyl sites for hydroxylation is 1. The van der Waals surface area contributed by atoms with Gasteiger partial charge in [-0.05, 0) is 52.7 Å². The molecule has 1 aromatic carbocycles. The highest BCUT2D eigenvalue weighted by Gasteiger charge is 2.18. The van der Waals surface area contributed by atoms with E-state index in [1.807, 2.05) is 0 Å². The number of nitrogens with two attached hydrogens (primary N) is 1. The Morgan fingerprint density at radius 3 is 2.67 bits per heavy atom. The Morgan fingerprint density at radius 1 is 1.38 bits per heavy atom. The fourth-order valence-electron chi connectivity index (χ4n) is 1.74. The van der Waals surface area contributed by atoms with Gasteiger partial charge in [0.25, 0.3) is 10.0 Å². The largest absolute Gasteiger partial charge is 0.326 e. The minimum Gasteiger partial charge on any atom is -0.326 e. The fourth-order valence-corrected chi connectivity index (χ4v) is 3.12. The average molecular weight is 374 g/mol. The number of nitrogens with one attached hydrogen (secondary N) is 1. The molecule has 0 bridgehead atoms. The molecule has 0 aliphatic heterocycles. The van der Waals surface area contributed by atoms with Crippen molar-refractivity contribution in [1.29, 1.82) is 0 Å². The summed E-state index contributed by atoms with van der Waals surface area (Å²) in [7, 11) is -3.85. The zero-order chi connectivity index (χ0) is 15.6. The van der Waals surface area contributed by atoms with Gasteiger partial charge in [-0.2, -0.15) is 0 Å². The first kappa shape index (κ1) is 15.9. The van der Waals surface area contributed by atoms with Crippen LogP contribution in [-0.2, 0) is 16.6 Å². The number of pyridine rings is 1. The van der Waals surface area contributed by atoms with Crippen molar-refractivity contribution in [2.24, 2.45) is 5.73 Å². The predicted molar refractivity (Wildman–Crippen MR) is 81.8 cm³/mol. The first-order valence-electron chi connectivity index (χ1n) is 5.97. The van der Waals surface area contributed by atoms with Crippen molar-refractivity contribution in [2.75, 3.05) is 4.72 Å². The Balaban J connectivity index is 2.40. The van der Waals surface area contributed by atoms with E-state index in [1.54, 1.807) is 6.07 Å². The van der Waals surface area contributed by atoms with Crippen LogP contribution in [0.1, 0.15) is 11.1 Å². The normalized spacial score (nSPS) is 11.4. The predicted octanol–water partition coefficient (Wildman–Crippen LogP) is 2.55. The Kier molecular flexibility index (Phi) is 4.60. The Bertz CT molecular complexity index is 764.